The Balaban J connectivity index is 1.83. The minimum absolute atomic E-state index is 0.312. The molecule has 2 rings (SSSR count). The highest BCUT2D eigenvalue weighted by Gasteiger charge is 2.30. The highest BCUT2D eigenvalue weighted by atomic mass is 16.5. The van der Waals surface area contributed by atoms with E-state index in [9.17, 15) is 0 Å². The molecular weight excluding hydrogens is 190 g/mol. The van der Waals surface area contributed by atoms with Gasteiger partial charge in [0, 0.05) is 44.9 Å². The molecule has 2 saturated heterocycles. The molecule has 2 unspecified atom stereocenters. The van der Waals surface area contributed by atoms with Crippen LogP contribution < -0.4 is 5.73 Å². The van der Waals surface area contributed by atoms with Crippen molar-refractivity contribution in [3.05, 3.63) is 0 Å². The van der Waals surface area contributed by atoms with E-state index in [0.29, 0.717) is 12.1 Å². The lowest BCUT2D eigenvalue weighted by molar-refractivity contribution is -0.0115. The minimum Gasteiger partial charge on any atom is -0.380 e. The van der Waals surface area contributed by atoms with Gasteiger partial charge in [-0.05, 0) is 13.0 Å². The molecule has 2 heterocycles. The second-order valence-corrected chi connectivity index (χ2v) is 4.57. The molecule has 0 bridgehead atoms. The molecule has 88 valence electrons. The molecule has 0 aliphatic carbocycles. The van der Waals surface area contributed by atoms with E-state index in [-0.39, 0.29) is 0 Å². The van der Waals surface area contributed by atoms with Crippen molar-refractivity contribution in [1.82, 2.24) is 9.80 Å². The maximum Gasteiger partial charge on any atom is 0.0636 e. The van der Waals surface area contributed by atoms with E-state index >= 15 is 0 Å². The molecule has 2 N–H and O–H groups in total. The first-order valence-corrected chi connectivity index (χ1v) is 6.11. The molecule has 0 spiro atoms. The molecule has 0 aromatic carbocycles. The van der Waals surface area contributed by atoms with E-state index in [1.165, 1.54) is 19.6 Å². The number of hydrogen-bond acceptors (Lipinski definition) is 4. The van der Waals surface area contributed by atoms with Crippen LogP contribution in [0.25, 0.3) is 0 Å². The van der Waals surface area contributed by atoms with Gasteiger partial charge in [0.2, 0.25) is 0 Å². The van der Waals surface area contributed by atoms with Crippen LogP contribution in [-0.4, -0.2) is 67.8 Å². The third-order valence-electron chi connectivity index (χ3n) is 3.70. The fraction of sp³-hybridized carbons (Fsp3) is 1.00. The monoisotopic (exact) mass is 213 g/mol. The van der Waals surface area contributed by atoms with Crippen molar-refractivity contribution < 1.29 is 4.74 Å². The molecule has 4 nitrogen and oxygen atoms in total. The number of piperazine rings is 1. The van der Waals surface area contributed by atoms with Crippen LogP contribution >= 0.6 is 0 Å². The van der Waals surface area contributed by atoms with Gasteiger partial charge in [0.1, 0.15) is 0 Å². The van der Waals surface area contributed by atoms with E-state index < -0.39 is 0 Å². The zero-order valence-electron chi connectivity index (χ0n) is 9.69. The summed E-state index contributed by atoms with van der Waals surface area (Å²) < 4.78 is 5.52. The summed E-state index contributed by atoms with van der Waals surface area (Å²) in [6.07, 6.45) is 1.01. The highest BCUT2D eigenvalue weighted by molar-refractivity contribution is 4.87. The maximum atomic E-state index is 6.14. The summed E-state index contributed by atoms with van der Waals surface area (Å²) in [4.78, 5) is 5.00. The van der Waals surface area contributed by atoms with Crippen molar-refractivity contribution in [3.8, 4) is 0 Å². The Kier molecular flexibility index (Phi) is 3.97. The fourth-order valence-corrected chi connectivity index (χ4v) is 2.53. The maximum absolute atomic E-state index is 6.14. The van der Waals surface area contributed by atoms with Gasteiger partial charge < -0.3 is 15.4 Å². The van der Waals surface area contributed by atoms with Gasteiger partial charge in [-0.25, -0.2) is 0 Å². The van der Waals surface area contributed by atoms with Gasteiger partial charge in [-0.1, -0.05) is 6.92 Å². The van der Waals surface area contributed by atoms with Crippen LogP contribution in [-0.2, 0) is 4.74 Å². The number of nitrogens with zero attached hydrogens (tertiary/aromatic N) is 2. The van der Waals surface area contributed by atoms with Gasteiger partial charge in [0.15, 0.2) is 0 Å². The smallest absolute Gasteiger partial charge is 0.0636 e. The Bertz CT molecular complexity index is 192. The van der Waals surface area contributed by atoms with Crippen molar-refractivity contribution in [1.29, 1.82) is 0 Å². The molecule has 0 radical (unpaired) electrons. The van der Waals surface area contributed by atoms with Crippen molar-refractivity contribution in [2.75, 3.05) is 45.9 Å². The molecule has 0 amide bonds. The molecule has 15 heavy (non-hydrogen) atoms. The average molecular weight is 213 g/mol. The molecule has 2 aliphatic rings. The number of ether oxygens (including phenoxy) is 1. The summed E-state index contributed by atoms with van der Waals surface area (Å²) in [5.41, 5.74) is 6.14. The van der Waals surface area contributed by atoms with Crippen molar-refractivity contribution in [2.24, 2.45) is 5.73 Å². The lowest BCUT2D eigenvalue weighted by Gasteiger charge is -2.42. The van der Waals surface area contributed by atoms with Crippen molar-refractivity contribution in [3.63, 3.8) is 0 Å². The molecule has 2 fully saturated rings. The van der Waals surface area contributed by atoms with Gasteiger partial charge in [-0.15, -0.1) is 0 Å². The Hall–Kier alpha value is -0.160. The zero-order chi connectivity index (χ0) is 10.7. The summed E-state index contributed by atoms with van der Waals surface area (Å²) >= 11 is 0. The number of likely N-dealkylation sites (N-methyl/N-ethyl adjacent to an activating group) is 1. The van der Waals surface area contributed by atoms with Gasteiger partial charge in [0.05, 0.1) is 6.61 Å². The van der Waals surface area contributed by atoms with Crippen LogP contribution in [0.4, 0.5) is 0 Å². The standard InChI is InChI=1S/C11H23N3O/c1-2-13-4-6-14(7-5-13)11-9-15-8-3-10(11)12/h10-11H,2-9,12H2,1H3. The highest BCUT2D eigenvalue weighted by Crippen LogP contribution is 2.14. The normalized spacial score (nSPS) is 35.6. The Morgan fingerprint density at radius 1 is 1.27 bits per heavy atom. The lowest BCUT2D eigenvalue weighted by atomic mass is 10.0. The summed E-state index contributed by atoms with van der Waals surface area (Å²) in [5.74, 6) is 0. The molecule has 2 aliphatic heterocycles. The summed E-state index contributed by atoms with van der Waals surface area (Å²) in [6.45, 7) is 9.72. The largest absolute Gasteiger partial charge is 0.380 e. The van der Waals surface area contributed by atoms with Crippen LogP contribution in [0.2, 0.25) is 0 Å². The second-order valence-electron chi connectivity index (χ2n) is 4.57. The van der Waals surface area contributed by atoms with E-state index in [4.69, 9.17) is 10.5 Å². The Labute approximate surface area is 92.4 Å². The van der Waals surface area contributed by atoms with Gasteiger partial charge >= 0.3 is 0 Å². The predicted molar refractivity (Wildman–Crippen MR) is 60.9 cm³/mol. The van der Waals surface area contributed by atoms with E-state index in [2.05, 4.69) is 16.7 Å². The predicted octanol–water partition coefficient (Wildman–Crippen LogP) is -0.260. The zero-order valence-corrected chi connectivity index (χ0v) is 9.69. The average Bonchev–Trinajstić information content (AvgIpc) is 2.30. The second kappa shape index (κ2) is 5.25. The number of rotatable bonds is 2. The van der Waals surface area contributed by atoms with Crippen molar-refractivity contribution in [2.45, 2.75) is 25.4 Å². The third-order valence-corrected chi connectivity index (χ3v) is 3.70. The van der Waals surface area contributed by atoms with Gasteiger partial charge in [0.25, 0.3) is 0 Å². The number of nitrogens with two attached hydrogens (primary N) is 1. The van der Waals surface area contributed by atoms with E-state index in [1.54, 1.807) is 0 Å². The fourth-order valence-electron chi connectivity index (χ4n) is 2.53. The Morgan fingerprint density at radius 3 is 2.60 bits per heavy atom. The minimum atomic E-state index is 0.312. The first kappa shape index (κ1) is 11.3. The Morgan fingerprint density at radius 2 is 2.00 bits per heavy atom. The first-order valence-electron chi connectivity index (χ1n) is 6.11. The van der Waals surface area contributed by atoms with Gasteiger partial charge in [-0.2, -0.15) is 0 Å². The third kappa shape index (κ3) is 2.69. The van der Waals surface area contributed by atoms with Crippen LogP contribution in [0.1, 0.15) is 13.3 Å². The summed E-state index contributed by atoms with van der Waals surface area (Å²) in [5, 5.41) is 0. The number of hydrogen-bond donors (Lipinski definition) is 1. The molecule has 4 heteroatoms. The molecule has 0 aromatic rings. The van der Waals surface area contributed by atoms with Crippen LogP contribution in [0, 0.1) is 0 Å². The van der Waals surface area contributed by atoms with E-state index in [1.807, 2.05) is 0 Å². The SMILES string of the molecule is CCN1CCN(C2COCCC2N)CC1. The quantitative estimate of drug-likeness (QED) is 0.686. The molecule has 0 saturated carbocycles. The topological polar surface area (TPSA) is 41.7 Å². The van der Waals surface area contributed by atoms with E-state index in [0.717, 1.165) is 32.7 Å². The molecule has 2 atom stereocenters. The van der Waals surface area contributed by atoms with Crippen LogP contribution in [0.5, 0.6) is 0 Å². The van der Waals surface area contributed by atoms with Gasteiger partial charge in [-0.3, -0.25) is 4.90 Å². The lowest BCUT2D eigenvalue weighted by Crippen LogP contribution is -2.58. The van der Waals surface area contributed by atoms with Crippen LogP contribution in [0.15, 0.2) is 0 Å². The summed E-state index contributed by atoms with van der Waals surface area (Å²) in [7, 11) is 0. The summed E-state index contributed by atoms with van der Waals surface area (Å²) in [6, 6.07) is 0.768. The first-order chi connectivity index (χ1) is 7.31. The molecule has 0 aromatic heterocycles. The van der Waals surface area contributed by atoms with Crippen LogP contribution in [0.3, 0.4) is 0 Å². The van der Waals surface area contributed by atoms with Crippen molar-refractivity contribution >= 4 is 0 Å². The molecular formula is C11H23N3O.